The number of rotatable bonds is 3. The van der Waals surface area contributed by atoms with E-state index in [1.807, 2.05) is 18.2 Å². The van der Waals surface area contributed by atoms with Gasteiger partial charge >= 0.3 is 5.97 Å². The van der Waals surface area contributed by atoms with E-state index in [1.165, 1.54) is 18.2 Å². The summed E-state index contributed by atoms with van der Waals surface area (Å²) in [6.45, 7) is 0.293. The van der Waals surface area contributed by atoms with Crippen molar-refractivity contribution in [2.45, 2.75) is 0 Å². The second-order valence-electron chi connectivity index (χ2n) is 5.76. The fourth-order valence-electron chi connectivity index (χ4n) is 2.70. The van der Waals surface area contributed by atoms with Gasteiger partial charge in [-0.05, 0) is 48.1 Å². The van der Waals surface area contributed by atoms with E-state index in [-0.39, 0.29) is 11.6 Å². The summed E-state index contributed by atoms with van der Waals surface area (Å²) < 4.78 is 29.4. The Morgan fingerprint density at radius 2 is 2.12 bits per heavy atom. The number of nitrogens with zero attached hydrogens (tertiary/aromatic N) is 1. The molecule has 0 aliphatic carbocycles. The highest BCUT2D eigenvalue weighted by Gasteiger charge is 2.25. The van der Waals surface area contributed by atoms with Gasteiger partial charge in [-0.1, -0.05) is 6.07 Å². The number of carbonyl (C=O) groups is 1. The maximum Gasteiger partial charge on any atom is 0.363 e. The Labute approximate surface area is 149 Å². The van der Waals surface area contributed by atoms with Crippen LogP contribution in [0.15, 0.2) is 64.8 Å². The molecule has 0 saturated carbocycles. The summed E-state index contributed by atoms with van der Waals surface area (Å²) in [7, 11) is 1.59. The van der Waals surface area contributed by atoms with Gasteiger partial charge in [0, 0.05) is 17.2 Å². The standard InChI is InChI=1S/C20H14FNO4/c1-24-16-6-5-13-7-12(11-25-18(13)10-16)8-17-20(23)26-19(22-17)14-3-2-4-15(21)9-14/h2-10H,11H2,1H3. The van der Waals surface area contributed by atoms with Gasteiger partial charge in [0.05, 0.1) is 7.11 Å². The van der Waals surface area contributed by atoms with E-state index >= 15 is 0 Å². The highest BCUT2D eigenvalue weighted by molar-refractivity contribution is 6.11. The Morgan fingerprint density at radius 1 is 1.23 bits per heavy atom. The zero-order chi connectivity index (χ0) is 18.1. The Kier molecular flexibility index (Phi) is 4.01. The van der Waals surface area contributed by atoms with Gasteiger partial charge in [0.1, 0.15) is 23.9 Å². The van der Waals surface area contributed by atoms with Gasteiger partial charge in [0.25, 0.3) is 0 Å². The van der Waals surface area contributed by atoms with Gasteiger partial charge in [-0.2, -0.15) is 0 Å². The molecule has 0 atom stereocenters. The first kappa shape index (κ1) is 16.1. The first-order valence-corrected chi connectivity index (χ1v) is 7.92. The maximum atomic E-state index is 13.3. The normalized spacial score (nSPS) is 17.2. The number of halogens is 1. The third-order valence-electron chi connectivity index (χ3n) is 3.97. The van der Waals surface area contributed by atoms with Gasteiger partial charge in [0.2, 0.25) is 5.90 Å². The molecule has 0 saturated heterocycles. The summed E-state index contributed by atoms with van der Waals surface area (Å²) in [5, 5.41) is 0. The number of ether oxygens (including phenoxy) is 3. The quantitative estimate of drug-likeness (QED) is 0.627. The Bertz CT molecular complexity index is 991. The summed E-state index contributed by atoms with van der Waals surface area (Å²) in [6.07, 6.45) is 3.52. The monoisotopic (exact) mass is 351 g/mol. The van der Waals surface area contributed by atoms with E-state index in [0.717, 1.165) is 11.1 Å². The number of carbonyl (C=O) groups excluding carboxylic acids is 1. The second-order valence-corrected chi connectivity index (χ2v) is 5.76. The predicted octanol–water partition coefficient (Wildman–Crippen LogP) is 3.50. The van der Waals surface area contributed by atoms with Crippen molar-refractivity contribution >= 4 is 17.9 Å². The van der Waals surface area contributed by atoms with Crippen molar-refractivity contribution in [2.75, 3.05) is 13.7 Å². The minimum atomic E-state index is -0.578. The highest BCUT2D eigenvalue weighted by Crippen LogP contribution is 2.31. The molecule has 2 heterocycles. The van der Waals surface area contributed by atoms with Crippen LogP contribution in [0.1, 0.15) is 11.1 Å². The zero-order valence-corrected chi connectivity index (χ0v) is 13.9. The highest BCUT2D eigenvalue weighted by atomic mass is 19.1. The lowest BCUT2D eigenvalue weighted by Crippen LogP contribution is -2.08. The molecule has 6 heteroatoms. The number of cyclic esters (lactones) is 1. The molecular weight excluding hydrogens is 337 g/mol. The van der Waals surface area contributed by atoms with Gasteiger partial charge in [-0.3, -0.25) is 0 Å². The third-order valence-corrected chi connectivity index (χ3v) is 3.97. The summed E-state index contributed by atoms with van der Waals surface area (Å²) in [4.78, 5) is 16.2. The Balaban J connectivity index is 1.63. The van der Waals surface area contributed by atoms with Crippen molar-refractivity contribution in [2.24, 2.45) is 4.99 Å². The summed E-state index contributed by atoms with van der Waals surface area (Å²) in [6, 6.07) is 11.3. The van der Waals surface area contributed by atoms with Gasteiger partial charge in [0.15, 0.2) is 5.70 Å². The molecular formula is C20H14FNO4. The molecule has 2 aliphatic heterocycles. The Morgan fingerprint density at radius 3 is 2.92 bits per heavy atom. The molecule has 2 aliphatic rings. The van der Waals surface area contributed by atoms with Crippen LogP contribution >= 0.6 is 0 Å². The molecule has 0 spiro atoms. The van der Waals surface area contributed by atoms with E-state index in [4.69, 9.17) is 14.2 Å². The number of methoxy groups -OCH3 is 1. The molecule has 26 heavy (non-hydrogen) atoms. The number of hydrogen-bond donors (Lipinski definition) is 0. The lowest BCUT2D eigenvalue weighted by Gasteiger charge is -2.16. The topological polar surface area (TPSA) is 57.1 Å². The molecule has 0 radical (unpaired) electrons. The molecule has 4 rings (SSSR count). The van der Waals surface area contributed by atoms with Crippen molar-refractivity contribution in [3.05, 3.63) is 76.8 Å². The smallest absolute Gasteiger partial charge is 0.363 e. The van der Waals surface area contributed by atoms with Gasteiger partial charge < -0.3 is 14.2 Å². The van der Waals surface area contributed by atoms with Crippen LogP contribution in [0.2, 0.25) is 0 Å². The van der Waals surface area contributed by atoms with Crippen molar-refractivity contribution in [3.63, 3.8) is 0 Å². The molecule has 2 aromatic carbocycles. The summed E-state index contributed by atoms with van der Waals surface area (Å²) in [5.41, 5.74) is 2.22. The van der Waals surface area contributed by atoms with Crippen LogP contribution in [0, 0.1) is 5.82 Å². The van der Waals surface area contributed by atoms with Gasteiger partial charge in [-0.25, -0.2) is 14.2 Å². The fourth-order valence-corrected chi connectivity index (χ4v) is 2.70. The van der Waals surface area contributed by atoms with Crippen LogP contribution in [0.4, 0.5) is 4.39 Å². The van der Waals surface area contributed by atoms with Crippen molar-refractivity contribution < 1.29 is 23.4 Å². The van der Waals surface area contributed by atoms with E-state index in [2.05, 4.69) is 4.99 Å². The number of hydrogen-bond acceptors (Lipinski definition) is 5. The molecule has 0 aromatic heterocycles. The lowest BCUT2D eigenvalue weighted by atomic mass is 10.1. The first-order valence-electron chi connectivity index (χ1n) is 7.92. The van der Waals surface area contributed by atoms with Crippen LogP contribution in [0.25, 0.3) is 6.08 Å². The average molecular weight is 351 g/mol. The summed E-state index contributed by atoms with van der Waals surface area (Å²) >= 11 is 0. The van der Waals surface area contributed by atoms with Crippen LogP contribution in [0.5, 0.6) is 11.5 Å². The molecule has 0 bridgehead atoms. The molecule has 0 amide bonds. The molecule has 0 unspecified atom stereocenters. The molecule has 5 nitrogen and oxygen atoms in total. The molecule has 2 aromatic rings. The van der Waals surface area contributed by atoms with Crippen LogP contribution in [-0.4, -0.2) is 25.6 Å². The molecule has 0 N–H and O–H groups in total. The largest absolute Gasteiger partial charge is 0.497 e. The van der Waals surface area contributed by atoms with Crippen molar-refractivity contribution in [1.29, 1.82) is 0 Å². The van der Waals surface area contributed by atoms with Crippen molar-refractivity contribution in [3.8, 4) is 11.5 Å². The molecule has 0 fully saturated rings. The number of fused-ring (bicyclic) bond motifs is 1. The zero-order valence-electron chi connectivity index (χ0n) is 13.9. The van der Waals surface area contributed by atoms with Gasteiger partial charge in [-0.15, -0.1) is 0 Å². The second kappa shape index (κ2) is 6.48. The minimum Gasteiger partial charge on any atom is -0.497 e. The van der Waals surface area contributed by atoms with E-state index < -0.39 is 11.8 Å². The SMILES string of the molecule is COc1ccc2c(c1)OCC(C=C1N=C(c3cccc(F)c3)OC1=O)=C2. The lowest BCUT2D eigenvalue weighted by molar-refractivity contribution is -0.130. The fraction of sp³-hybridized carbons (Fsp3) is 0.100. The Hall–Kier alpha value is -3.41. The van der Waals surface area contributed by atoms with E-state index in [1.54, 1.807) is 25.3 Å². The van der Waals surface area contributed by atoms with E-state index in [0.29, 0.717) is 23.7 Å². The predicted molar refractivity (Wildman–Crippen MR) is 93.6 cm³/mol. The van der Waals surface area contributed by atoms with Crippen molar-refractivity contribution in [1.82, 2.24) is 0 Å². The van der Waals surface area contributed by atoms with Crippen LogP contribution in [0.3, 0.4) is 0 Å². The maximum absolute atomic E-state index is 13.3. The third kappa shape index (κ3) is 3.09. The number of aliphatic imine (C=N–C) groups is 1. The summed E-state index contributed by atoms with van der Waals surface area (Å²) in [5.74, 6) is 0.509. The molecule has 130 valence electrons. The van der Waals surface area contributed by atoms with Crippen LogP contribution in [-0.2, 0) is 9.53 Å². The minimum absolute atomic E-state index is 0.0863. The van der Waals surface area contributed by atoms with Crippen LogP contribution < -0.4 is 9.47 Å². The number of benzene rings is 2. The first-order chi connectivity index (χ1) is 12.6. The average Bonchev–Trinajstić information content (AvgIpc) is 3.02. The van der Waals surface area contributed by atoms with E-state index in [9.17, 15) is 9.18 Å². The number of esters is 1.